The molecule has 5 nitrogen and oxygen atoms in total. The monoisotopic (exact) mass is 346 g/mol. The molecule has 0 bridgehead atoms. The summed E-state index contributed by atoms with van der Waals surface area (Å²) in [5.41, 5.74) is 3.10. The van der Waals surface area contributed by atoms with Gasteiger partial charge in [0.25, 0.3) is 0 Å². The number of nitrogens with zero attached hydrogens (tertiary/aromatic N) is 2. The van der Waals surface area contributed by atoms with E-state index in [0.29, 0.717) is 6.54 Å². The zero-order valence-corrected chi connectivity index (χ0v) is 14.6. The first kappa shape index (κ1) is 18.4. The standard InChI is InChI=1S/C18H22N4O.ClH/c1-14-5-2-3-7-16(14)21-18(23)13-22-10-9-20-12-17(22)15-6-4-8-19-11-15;/h2-8,11,17,20H,9-10,12-13H2,1H3,(H,21,23);1H. The summed E-state index contributed by atoms with van der Waals surface area (Å²) in [4.78, 5) is 18.8. The highest BCUT2D eigenvalue weighted by atomic mass is 35.5. The van der Waals surface area contributed by atoms with Crippen molar-refractivity contribution >= 4 is 24.0 Å². The quantitative estimate of drug-likeness (QED) is 0.892. The van der Waals surface area contributed by atoms with Crippen LogP contribution >= 0.6 is 12.4 Å². The zero-order chi connectivity index (χ0) is 16.1. The summed E-state index contributed by atoms with van der Waals surface area (Å²) in [5, 5.41) is 6.41. The van der Waals surface area contributed by atoms with Crippen LogP contribution in [0.15, 0.2) is 48.8 Å². The Balaban J connectivity index is 0.00000208. The van der Waals surface area contributed by atoms with Crippen LogP contribution in [0.4, 0.5) is 5.69 Å². The van der Waals surface area contributed by atoms with Gasteiger partial charge in [-0.05, 0) is 30.2 Å². The third-order valence-electron chi connectivity index (χ3n) is 4.19. The Hall–Kier alpha value is -1.95. The fraction of sp³-hybridized carbons (Fsp3) is 0.333. The van der Waals surface area contributed by atoms with Crippen molar-refractivity contribution in [2.45, 2.75) is 13.0 Å². The molecule has 1 aliphatic heterocycles. The van der Waals surface area contributed by atoms with E-state index in [1.807, 2.05) is 43.5 Å². The minimum Gasteiger partial charge on any atom is -0.325 e. The molecule has 1 amide bonds. The summed E-state index contributed by atoms with van der Waals surface area (Å²) >= 11 is 0. The number of hydrogen-bond acceptors (Lipinski definition) is 4. The Kier molecular flexibility index (Phi) is 6.73. The summed E-state index contributed by atoms with van der Waals surface area (Å²) in [5.74, 6) is 0.0232. The highest BCUT2D eigenvalue weighted by Crippen LogP contribution is 2.21. The number of rotatable bonds is 4. The predicted molar refractivity (Wildman–Crippen MR) is 98.5 cm³/mol. The molecule has 0 radical (unpaired) electrons. The molecular weight excluding hydrogens is 324 g/mol. The fourth-order valence-corrected chi connectivity index (χ4v) is 2.92. The minimum atomic E-state index is 0. The molecule has 0 spiro atoms. The number of hydrogen-bond donors (Lipinski definition) is 2. The lowest BCUT2D eigenvalue weighted by Gasteiger charge is -2.35. The lowest BCUT2D eigenvalue weighted by atomic mass is 10.1. The van der Waals surface area contributed by atoms with Crippen molar-refractivity contribution < 1.29 is 4.79 Å². The maximum atomic E-state index is 12.4. The van der Waals surface area contributed by atoms with Gasteiger partial charge in [-0.25, -0.2) is 0 Å². The van der Waals surface area contributed by atoms with Gasteiger partial charge in [0.2, 0.25) is 5.91 Å². The fourth-order valence-electron chi connectivity index (χ4n) is 2.92. The first-order valence-corrected chi connectivity index (χ1v) is 7.94. The molecule has 1 aromatic heterocycles. The molecule has 0 saturated carbocycles. The zero-order valence-electron chi connectivity index (χ0n) is 13.7. The van der Waals surface area contributed by atoms with Crippen LogP contribution in [0.5, 0.6) is 0 Å². The van der Waals surface area contributed by atoms with E-state index in [1.165, 1.54) is 0 Å². The molecule has 2 aromatic rings. The SMILES string of the molecule is Cc1ccccc1NC(=O)CN1CCNCC1c1cccnc1.Cl. The number of pyridine rings is 1. The van der Waals surface area contributed by atoms with Crippen molar-refractivity contribution in [3.63, 3.8) is 0 Å². The van der Waals surface area contributed by atoms with Gasteiger partial charge in [-0.3, -0.25) is 14.7 Å². The van der Waals surface area contributed by atoms with Crippen molar-refractivity contribution in [3.05, 3.63) is 59.9 Å². The van der Waals surface area contributed by atoms with Crippen LogP contribution < -0.4 is 10.6 Å². The molecule has 0 aliphatic carbocycles. The lowest BCUT2D eigenvalue weighted by Crippen LogP contribution is -2.48. The summed E-state index contributed by atoms with van der Waals surface area (Å²) < 4.78 is 0. The van der Waals surface area contributed by atoms with Crippen LogP contribution in [0.1, 0.15) is 17.2 Å². The van der Waals surface area contributed by atoms with E-state index in [-0.39, 0.29) is 24.4 Å². The molecule has 24 heavy (non-hydrogen) atoms. The topological polar surface area (TPSA) is 57.3 Å². The average Bonchev–Trinajstić information content (AvgIpc) is 2.58. The molecule has 1 atom stereocenters. The predicted octanol–water partition coefficient (Wildman–Crippen LogP) is 2.40. The van der Waals surface area contributed by atoms with Crippen molar-refractivity contribution in [1.29, 1.82) is 0 Å². The molecule has 1 unspecified atom stereocenters. The number of aromatic nitrogens is 1. The van der Waals surface area contributed by atoms with E-state index in [2.05, 4.69) is 26.6 Å². The van der Waals surface area contributed by atoms with Crippen molar-refractivity contribution in [2.75, 3.05) is 31.5 Å². The molecule has 2 heterocycles. The van der Waals surface area contributed by atoms with Crippen LogP contribution in [0.3, 0.4) is 0 Å². The maximum absolute atomic E-state index is 12.4. The smallest absolute Gasteiger partial charge is 0.238 e. The van der Waals surface area contributed by atoms with Crippen molar-refractivity contribution in [1.82, 2.24) is 15.2 Å². The van der Waals surface area contributed by atoms with Crippen LogP contribution in [0, 0.1) is 6.92 Å². The molecule has 128 valence electrons. The van der Waals surface area contributed by atoms with Gasteiger partial charge < -0.3 is 10.6 Å². The molecule has 1 saturated heterocycles. The van der Waals surface area contributed by atoms with Crippen LogP contribution in [0.25, 0.3) is 0 Å². The van der Waals surface area contributed by atoms with E-state index >= 15 is 0 Å². The Bertz CT molecular complexity index is 665. The molecule has 1 aliphatic rings. The number of carbonyl (C=O) groups excluding carboxylic acids is 1. The normalized spacial score (nSPS) is 17.8. The molecule has 2 N–H and O–H groups in total. The van der Waals surface area contributed by atoms with E-state index in [0.717, 1.165) is 36.4 Å². The van der Waals surface area contributed by atoms with Gasteiger partial charge in [0.05, 0.1) is 6.54 Å². The number of aryl methyl sites for hydroxylation is 1. The van der Waals surface area contributed by atoms with Gasteiger partial charge in [0.1, 0.15) is 0 Å². The Morgan fingerprint density at radius 1 is 1.33 bits per heavy atom. The average molecular weight is 347 g/mol. The Labute approximate surface area is 148 Å². The molecule has 3 rings (SSSR count). The van der Waals surface area contributed by atoms with Gasteiger partial charge in [-0.2, -0.15) is 0 Å². The largest absolute Gasteiger partial charge is 0.325 e. The number of anilines is 1. The Morgan fingerprint density at radius 2 is 2.17 bits per heavy atom. The van der Waals surface area contributed by atoms with E-state index < -0.39 is 0 Å². The second-order valence-corrected chi connectivity index (χ2v) is 5.84. The van der Waals surface area contributed by atoms with Gasteiger partial charge in [0.15, 0.2) is 0 Å². The van der Waals surface area contributed by atoms with E-state index in [9.17, 15) is 4.79 Å². The number of nitrogens with one attached hydrogen (secondary N) is 2. The van der Waals surface area contributed by atoms with Crippen molar-refractivity contribution in [2.24, 2.45) is 0 Å². The molecular formula is C18H23ClN4O. The lowest BCUT2D eigenvalue weighted by molar-refractivity contribution is -0.118. The minimum absolute atomic E-state index is 0. The number of halogens is 1. The van der Waals surface area contributed by atoms with Crippen molar-refractivity contribution in [3.8, 4) is 0 Å². The molecule has 6 heteroatoms. The van der Waals surface area contributed by atoms with E-state index in [4.69, 9.17) is 0 Å². The van der Waals surface area contributed by atoms with Crippen LogP contribution in [0.2, 0.25) is 0 Å². The third-order valence-corrected chi connectivity index (χ3v) is 4.19. The highest BCUT2D eigenvalue weighted by Gasteiger charge is 2.25. The molecule has 1 fully saturated rings. The first-order chi connectivity index (χ1) is 11.2. The maximum Gasteiger partial charge on any atom is 0.238 e. The van der Waals surface area contributed by atoms with Crippen LogP contribution in [-0.2, 0) is 4.79 Å². The second kappa shape index (κ2) is 8.78. The summed E-state index contributed by atoms with van der Waals surface area (Å²) in [6.45, 7) is 4.97. The number of piperazine rings is 1. The summed E-state index contributed by atoms with van der Waals surface area (Å²) in [7, 11) is 0. The van der Waals surface area contributed by atoms with Crippen LogP contribution in [-0.4, -0.2) is 42.0 Å². The van der Waals surface area contributed by atoms with Gasteiger partial charge >= 0.3 is 0 Å². The highest BCUT2D eigenvalue weighted by molar-refractivity contribution is 5.93. The third kappa shape index (κ3) is 4.54. The number of para-hydroxylation sites is 1. The summed E-state index contributed by atoms with van der Waals surface area (Å²) in [6.07, 6.45) is 3.65. The van der Waals surface area contributed by atoms with Gasteiger partial charge in [0, 0.05) is 43.8 Å². The summed E-state index contributed by atoms with van der Waals surface area (Å²) in [6, 6.07) is 12.0. The van der Waals surface area contributed by atoms with Gasteiger partial charge in [-0.15, -0.1) is 12.4 Å². The van der Waals surface area contributed by atoms with Gasteiger partial charge in [-0.1, -0.05) is 24.3 Å². The Morgan fingerprint density at radius 3 is 2.92 bits per heavy atom. The van der Waals surface area contributed by atoms with E-state index in [1.54, 1.807) is 6.20 Å². The number of amides is 1. The number of carbonyl (C=O) groups is 1. The number of benzene rings is 1. The molecule has 1 aromatic carbocycles. The second-order valence-electron chi connectivity index (χ2n) is 5.84. The first-order valence-electron chi connectivity index (χ1n) is 7.94.